The Morgan fingerprint density at radius 2 is 2.06 bits per heavy atom. The highest BCUT2D eigenvalue weighted by atomic mass is 16.5. The molecule has 0 heterocycles. The van der Waals surface area contributed by atoms with Gasteiger partial charge in [-0.2, -0.15) is 0 Å². The lowest BCUT2D eigenvalue weighted by molar-refractivity contribution is 0.173. The van der Waals surface area contributed by atoms with Gasteiger partial charge >= 0.3 is 0 Å². The number of hydrogen-bond donors (Lipinski definition) is 2. The number of methoxy groups -OCH3 is 1. The van der Waals surface area contributed by atoms with E-state index in [9.17, 15) is 5.11 Å². The highest BCUT2D eigenvalue weighted by Crippen LogP contribution is 2.55. The molecule has 0 amide bonds. The van der Waals surface area contributed by atoms with E-state index in [2.05, 4.69) is 31.3 Å². The summed E-state index contributed by atoms with van der Waals surface area (Å²) >= 11 is 0. The van der Waals surface area contributed by atoms with Crippen molar-refractivity contribution in [1.82, 2.24) is 5.32 Å². The number of aliphatic hydroxyl groups is 1. The third-order valence-corrected chi connectivity index (χ3v) is 4.07. The van der Waals surface area contributed by atoms with Crippen LogP contribution in [0.3, 0.4) is 0 Å². The van der Waals surface area contributed by atoms with Crippen LogP contribution in [0.2, 0.25) is 0 Å². The molecule has 2 rings (SSSR count). The van der Waals surface area contributed by atoms with Crippen molar-refractivity contribution < 1.29 is 9.84 Å². The van der Waals surface area contributed by atoms with E-state index < -0.39 is 0 Å². The normalized spacial score (nSPS) is 18.5. The molecule has 1 aliphatic carbocycles. The summed E-state index contributed by atoms with van der Waals surface area (Å²) in [5.41, 5.74) is 3.56. The molecule has 1 aliphatic rings. The summed E-state index contributed by atoms with van der Waals surface area (Å²) in [5, 5.41) is 13.0. The lowest BCUT2D eigenvalue weighted by Gasteiger charge is -2.28. The molecule has 1 unspecified atom stereocenters. The van der Waals surface area contributed by atoms with Crippen LogP contribution in [-0.2, 0) is 0 Å². The molecule has 100 valence electrons. The van der Waals surface area contributed by atoms with Crippen LogP contribution in [0.15, 0.2) is 12.1 Å². The molecular weight excluding hydrogens is 226 g/mol. The molecule has 3 nitrogen and oxygen atoms in total. The van der Waals surface area contributed by atoms with Gasteiger partial charge in [0, 0.05) is 17.0 Å². The minimum atomic E-state index is 0.00225. The highest BCUT2D eigenvalue weighted by Gasteiger charge is 2.49. The average Bonchev–Trinajstić information content (AvgIpc) is 3.10. The Morgan fingerprint density at radius 3 is 2.50 bits per heavy atom. The van der Waals surface area contributed by atoms with Gasteiger partial charge in [-0.05, 0) is 39.3 Å². The second-order valence-electron chi connectivity index (χ2n) is 5.45. The minimum absolute atomic E-state index is 0.00225. The molecule has 1 aromatic rings. The van der Waals surface area contributed by atoms with E-state index in [1.807, 2.05) is 7.05 Å². The van der Waals surface area contributed by atoms with E-state index in [-0.39, 0.29) is 18.1 Å². The summed E-state index contributed by atoms with van der Waals surface area (Å²) in [6.45, 7) is 4.40. The summed E-state index contributed by atoms with van der Waals surface area (Å²) < 4.78 is 5.56. The fourth-order valence-electron chi connectivity index (χ4n) is 2.97. The molecule has 0 aliphatic heterocycles. The summed E-state index contributed by atoms with van der Waals surface area (Å²) in [6, 6.07) is 4.46. The molecule has 0 saturated heterocycles. The fraction of sp³-hybridized carbons (Fsp3) is 0.600. The van der Waals surface area contributed by atoms with Crippen molar-refractivity contribution >= 4 is 0 Å². The fourth-order valence-corrected chi connectivity index (χ4v) is 2.97. The van der Waals surface area contributed by atoms with Gasteiger partial charge in [0.1, 0.15) is 5.75 Å². The van der Waals surface area contributed by atoms with E-state index in [1.54, 1.807) is 7.11 Å². The lowest BCUT2D eigenvalue weighted by atomic mass is 9.88. The first-order chi connectivity index (χ1) is 8.57. The Morgan fingerprint density at radius 1 is 1.39 bits per heavy atom. The maximum absolute atomic E-state index is 9.64. The molecule has 18 heavy (non-hydrogen) atoms. The third kappa shape index (κ3) is 2.13. The number of rotatable bonds is 5. The van der Waals surface area contributed by atoms with Crippen molar-refractivity contribution in [2.75, 3.05) is 20.8 Å². The lowest BCUT2D eigenvalue weighted by Crippen LogP contribution is -2.29. The molecule has 0 bridgehead atoms. The van der Waals surface area contributed by atoms with Crippen molar-refractivity contribution in [3.63, 3.8) is 0 Å². The van der Waals surface area contributed by atoms with E-state index in [4.69, 9.17) is 4.74 Å². The number of benzene rings is 1. The van der Waals surface area contributed by atoms with Gasteiger partial charge in [-0.3, -0.25) is 0 Å². The van der Waals surface area contributed by atoms with E-state index >= 15 is 0 Å². The zero-order valence-electron chi connectivity index (χ0n) is 11.7. The Hall–Kier alpha value is -1.06. The molecule has 3 heteroatoms. The Kier molecular flexibility index (Phi) is 3.64. The Balaban J connectivity index is 2.48. The van der Waals surface area contributed by atoms with Gasteiger partial charge < -0.3 is 15.2 Å². The summed E-state index contributed by atoms with van der Waals surface area (Å²) in [7, 11) is 3.67. The molecule has 0 radical (unpaired) electrons. The van der Waals surface area contributed by atoms with Gasteiger partial charge in [0.25, 0.3) is 0 Å². The summed E-state index contributed by atoms with van der Waals surface area (Å²) in [6.07, 6.45) is 2.15. The average molecular weight is 249 g/mol. The Labute approximate surface area is 109 Å². The smallest absolute Gasteiger partial charge is 0.126 e. The van der Waals surface area contributed by atoms with E-state index in [1.165, 1.54) is 11.1 Å². The molecule has 0 aromatic heterocycles. The standard InChI is InChI=1S/C15H23NO2/c1-10-7-11(2)13(18-4)12(8-10)14(16-3)15(9-17)5-6-15/h7-8,14,16-17H,5-6,9H2,1-4H3. The van der Waals surface area contributed by atoms with Crippen molar-refractivity contribution in [3.8, 4) is 5.75 Å². The zero-order chi connectivity index (χ0) is 13.3. The monoisotopic (exact) mass is 249 g/mol. The summed E-state index contributed by atoms with van der Waals surface area (Å²) in [4.78, 5) is 0. The first-order valence-electron chi connectivity index (χ1n) is 6.51. The first-order valence-corrected chi connectivity index (χ1v) is 6.51. The molecule has 1 aromatic carbocycles. The maximum Gasteiger partial charge on any atom is 0.126 e. The van der Waals surface area contributed by atoms with Gasteiger partial charge in [-0.1, -0.05) is 17.7 Å². The van der Waals surface area contributed by atoms with Crippen LogP contribution in [-0.4, -0.2) is 25.9 Å². The van der Waals surface area contributed by atoms with Gasteiger partial charge in [0.2, 0.25) is 0 Å². The largest absolute Gasteiger partial charge is 0.496 e. The van der Waals surface area contributed by atoms with Crippen LogP contribution in [0, 0.1) is 19.3 Å². The predicted octanol–water partition coefficient (Wildman–Crippen LogP) is 2.35. The maximum atomic E-state index is 9.64. The van der Waals surface area contributed by atoms with Gasteiger partial charge in [-0.15, -0.1) is 0 Å². The number of aliphatic hydroxyl groups excluding tert-OH is 1. The zero-order valence-corrected chi connectivity index (χ0v) is 11.7. The van der Waals surface area contributed by atoms with Gasteiger partial charge in [0.05, 0.1) is 13.7 Å². The molecule has 1 saturated carbocycles. The van der Waals surface area contributed by atoms with E-state index in [0.717, 1.165) is 24.2 Å². The van der Waals surface area contributed by atoms with Crippen LogP contribution in [0.25, 0.3) is 0 Å². The van der Waals surface area contributed by atoms with Crippen LogP contribution in [0.4, 0.5) is 0 Å². The molecule has 2 N–H and O–H groups in total. The van der Waals surface area contributed by atoms with Gasteiger partial charge in [-0.25, -0.2) is 0 Å². The summed E-state index contributed by atoms with van der Waals surface area (Å²) in [5.74, 6) is 0.944. The van der Waals surface area contributed by atoms with Crippen molar-refractivity contribution in [2.24, 2.45) is 5.41 Å². The van der Waals surface area contributed by atoms with Crippen LogP contribution in [0.5, 0.6) is 5.75 Å². The third-order valence-electron chi connectivity index (χ3n) is 4.07. The minimum Gasteiger partial charge on any atom is -0.496 e. The highest BCUT2D eigenvalue weighted by molar-refractivity contribution is 5.46. The second-order valence-corrected chi connectivity index (χ2v) is 5.45. The second kappa shape index (κ2) is 4.90. The number of aryl methyl sites for hydroxylation is 2. The topological polar surface area (TPSA) is 41.5 Å². The van der Waals surface area contributed by atoms with Crippen molar-refractivity contribution in [2.45, 2.75) is 32.7 Å². The first kappa shape index (κ1) is 13.4. The van der Waals surface area contributed by atoms with Crippen molar-refractivity contribution in [3.05, 3.63) is 28.8 Å². The number of nitrogens with one attached hydrogen (secondary N) is 1. The van der Waals surface area contributed by atoms with Crippen LogP contribution < -0.4 is 10.1 Å². The van der Waals surface area contributed by atoms with Crippen LogP contribution >= 0.6 is 0 Å². The SMILES string of the molecule is CNC(c1cc(C)cc(C)c1OC)C1(CO)CC1. The number of ether oxygens (including phenoxy) is 1. The van der Waals surface area contributed by atoms with Gasteiger partial charge in [0.15, 0.2) is 0 Å². The Bertz CT molecular complexity index is 438. The number of hydrogen-bond acceptors (Lipinski definition) is 3. The predicted molar refractivity (Wildman–Crippen MR) is 73.0 cm³/mol. The molecular formula is C15H23NO2. The molecule has 0 spiro atoms. The van der Waals surface area contributed by atoms with Crippen LogP contribution in [0.1, 0.15) is 35.6 Å². The van der Waals surface area contributed by atoms with Crippen molar-refractivity contribution in [1.29, 1.82) is 0 Å². The quantitative estimate of drug-likeness (QED) is 0.841. The molecule has 1 fully saturated rings. The van der Waals surface area contributed by atoms with E-state index in [0.29, 0.717) is 0 Å². The molecule has 1 atom stereocenters.